The van der Waals surface area contributed by atoms with E-state index in [1.165, 1.54) is 0 Å². The second kappa shape index (κ2) is 4.19. The van der Waals surface area contributed by atoms with Gasteiger partial charge in [-0.15, -0.1) is 0 Å². The van der Waals surface area contributed by atoms with Gasteiger partial charge >= 0.3 is 0 Å². The lowest BCUT2D eigenvalue weighted by molar-refractivity contribution is 0.0759. The van der Waals surface area contributed by atoms with Crippen molar-refractivity contribution in [1.29, 1.82) is 0 Å². The SMILES string of the molecule is CC(O)C(C)C(=O)c1ccccc1. The molecule has 1 rings (SSSR count). The van der Waals surface area contributed by atoms with E-state index >= 15 is 0 Å². The number of aliphatic hydroxyl groups is 1. The quantitative estimate of drug-likeness (QED) is 0.717. The molecule has 2 nitrogen and oxygen atoms in total. The van der Waals surface area contributed by atoms with Gasteiger partial charge in [-0.05, 0) is 6.92 Å². The van der Waals surface area contributed by atoms with Gasteiger partial charge in [0.05, 0.1) is 6.10 Å². The van der Waals surface area contributed by atoms with E-state index in [4.69, 9.17) is 0 Å². The van der Waals surface area contributed by atoms with E-state index in [-0.39, 0.29) is 11.7 Å². The molecule has 2 heteroatoms. The molecule has 1 N–H and O–H groups in total. The second-order valence-electron chi connectivity index (χ2n) is 3.26. The molecule has 0 aliphatic rings. The summed E-state index contributed by atoms with van der Waals surface area (Å²) < 4.78 is 0. The molecule has 0 heterocycles. The molecule has 1 aromatic rings. The standard InChI is InChI=1S/C11H14O2/c1-8(9(2)12)11(13)10-6-4-3-5-7-10/h3-9,12H,1-2H3. The van der Waals surface area contributed by atoms with Crippen molar-refractivity contribution in [3.05, 3.63) is 35.9 Å². The Morgan fingerprint density at radius 3 is 2.23 bits per heavy atom. The lowest BCUT2D eigenvalue weighted by Crippen LogP contribution is -2.22. The fourth-order valence-corrected chi connectivity index (χ4v) is 1.08. The summed E-state index contributed by atoms with van der Waals surface area (Å²) in [5, 5.41) is 9.23. The molecule has 13 heavy (non-hydrogen) atoms. The van der Waals surface area contributed by atoms with Crippen LogP contribution in [-0.2, 0) is 0 Å². The zero-order valence-electron chi connectivity index (χ0n) is 7.90. The van der Waals surface area contributed by atoms with Crippen molar-refractivity contribution < 1.29 is 9.90 Å². The predicted molar refractivity (Wildman–Crippen MR) is 51.6 cm³/mol. The third-order valence-corrected chi connectivity index (χ3v) is 2.20. The van der Waals surface area contributed by atoms with Crippen LogP contribution in [0.25, 0.3) is 0 Å². The molecule has 0 bridgehead atoms. The van der Waals surface area contributed by atoms with Crippen LogP contribution in [0.1, 0.15) is 24.2 Å². The third-order valence-electron chi connectivity index (χ3n) is 2.20. The molecule has 0 radical (unpaired) electrons. The van der Waals surface area contributed by atoms with Crippen LogP contribution in [0, 0.1) is 5.92 Å². The fourth-order valence-electron chi connectivity index (χ4n) is 1.08. The third kappa shape index (κ3) is 2.39. The minimum absolute atomic E-state index is 0.00407. The Bertz CT molecular complexity index is 277. The summed E-state index contributed by atoms with van der Waals surface area (Å²) in [6, 6.07) is 9.04. The summed E-state index contributed by atoms with van der Waals surface area (Å²) in [5.74, 6) is -0.335. The molecule has 0 spiro atoms. The van der Waals surface area contributed by atoms with Crippen LogP contribution in [-0.4, -0.2) is 17.0 Å². The molecule has 2 atom stereocenters. The highest BCUT2D eigenvalue weighted by Crippen LogP contribution is 2.11. The molecule has 0 fully saturated rings. The molecule has 0 aliphatic carbocycles. The Balaban J connectivity index is 2.80. The summed E-state index contributed by atoms with van der Waals surface area (Å²) in [6.07, 6.45) is -0.590. The Morgan fingerprint density at radius 2 is 1.77 bits per heavy atom. The Labute approximate surface area is 78.2 Å². The topological polar surface area (TPSA) is 37.3 Å². The molecular formula is C11H14O2. The number of hydrogen-bond acceptors (Lipinski definition) is 2. The van der Waals surface area contributed by atoms with Crippen LogP contribution < -0.4 is 0 Å². The van der Waals surface area contributed by atoms with Gasteiger partial charge in [0.2, 0.25) is 0 Å². The lowest BCUT2D eigenvalue weighted by atomic mass is 9.95. The number of carbonyl (C=O) groups excluding carboxylic acids is 1. The maximum atomic E-state index is 11.6. The van der Waals surface area contributed by atoms with Gasteiger partial charge in [-0.25, -0.2) is 0 Å². The average Bonchev–Trinajstić information content (AvgIpc) is 2.17. The molecule has 0 amide bonds. The predicted octanol–water partition coefficient (Wildman–Crippen LogP) is 1.89. The van der Waals surface area contributed by atoms with Gasteiger partial charge in [0, 0.05) is 11.5 Å². The molecule has 2 unspecified atom stereocenters. The second-order valence-corrected chi connectivity index (χ2v) is 3.26. The van der Waals surface area contributed by atoms with Gasteiger partial charge in [-0.2, -0.15) is 0 Å². The minimum Gasteiger partial charge on any atom is -0.393 e. The molecule has 70 valence electrons. The lowest BCUT2D eigenvalue weighted by Gasteiger charge is -2.12. The first-order valence-corrected chi connectivity index (χ1v) is 4.40. The van der Waals surface area contributed by atoms with Crippen molar-refractivity contribution in [3.8, 4) is 0 Å². The summed E-state index contributed by atoms with van der Waals surface area (Å²) >= 11 is 0. The van der Waals surface area contributed by atoms with E-state index in [1.807, 2.05) is 18.2 Å². The Hall–Kier alpha value is -1.15. The van der Waals surface area contributed by atoms with Crippen molar-refractivity contribution in [2.24, 2.45) is 5.92 Å². The van der Waals surface area contributed by atoms with Gasteiger partial charge in [-0.3, -0.25) is 4.79 Å². The van der Waals surface area contributed by atoms with Crippen molar-refractivity contribution in [2.45, 2.75) is 20.0 Å². The van der Waals surface area contributed by atoms with E-state index in [2.05, 4.69) is 0 Å². The van der Waals surface area contributed by atoms with Crippen LogP contribution >= 0.6 is 0 Å². The van der Waals surface area contributed by atoms with Crippen LogP contribution in [0.2, 0.25) is 0 Å². The fraction of sp³-hybridized carbons (Fsp3) is 0.364. The highest BCUT2D eigenvalue weighted by Gasteiger charge is 2.18. The molecule has 0 aliphatic heterocycles. The zero-order chi connectivity index (χ0) is 9.84. The summed E-state index contributed by atoms with van der Waals surface area (Å²) in [7, 11) is 0. The molecule has 0 aromatic heterocycles. The van der Waals surface area contributed by atoms with E-state index in [1.54, 1.807) is 26.0 Å². The van der Waals surface area contributed by atoms with Gasteiger partial charge in [0.25, 0.3) is 0 Å². The number of rotatable bonds is 3. The first-order chi connectivity index (χ1) is 6.13. The maximum absolute atomic E-state index is 11.6. The minimum atomic E-state index is -0.590. The summed E-state index contributed by atoms with van der Waals surface area (Å²) in [4.78, 5) is 11.6. The smallest absolute Gasteiger partial charge is 0.168 e. The van der Waals surface area contributed by atoms with Crippen LogP contribution in [0.3, 0.4) is 0 Å². The van der Waals surface area contributed by atoms with Crippen LogP contribution in [0.15, 0.2) is 30.3 Å². The first kappa shape index (κ1) is 9.93. The van der Waals surface area contributed by atoms with Crippen molar-refractivity contribution in [2.75, 3.05) is 0 Å². The van der Waals surface area contributed by atoms with Crippen molar-refractivity contribution >= 4 is 5.78 Å². The van der Waals surface area contributed by atoms with Gasteiger partial charge in [-0.1, -0.05) is 37.3 Å². The number of ketones is 1. The first-order valence-electron chi connectivity index (χ1n) is 4.40. The van der Waals surface area contributed by atoms with E-state index in [0.29, 0.717) is 5.56 Å². The molecule has 0 saturated heterocycles. The monoisotopic (exact) mass is 178 g/mol. The average molecular weight is 178 g/mol. The van der Waals surface area contributed by atoms with Crippen LogP contribution in [0.5, 0.6) is 0 Å². The van der Waals surface area contributed by atoms with Crippen molar-refractivity contribution in [3.63, 3.8) is 0 Å². The summed E-state index contributed by atoms with van der Waals surface area (Å²) in [6.45, 7) is 3.37. The summed E-state index contributed by atoms with van der Waals surface area (Å²) in [5.41, 5.74) is 0.663. The van der Waals surface area contributed by atoms with Gasteiger partial charge < -0.3 is 5.11 Å². The molecule has 1 aromatic carbocycles. The zero-order valence-corrected chi connectivity index (χ0v) is 7.90. The molecule has 0 saturated carbocycles. The van der Waals surface area contributed by atoms with Gasteiger partial charge in [0.15, 0.2) is 5.78 Å². The van der Waals surface area contributed by atoms with E-state index in [9.17, 15) is 9.90 Å². The highest BCUT2D eigenvalue weighted by atomic mass is 16.3. The number of Topliss-reactive ketones (excluding diaryl/α,β-unsaturated/α-hetero) is 1. The van der Waals surface area contributed by atoms with E-state index < -0.39 is 6.10 Å². The number of aliphatic hydroxyl groups excluding tert-OH is 1. The van der Waals surface area contributed by atoms with E-state index in [0.717, 1.165) is 0 Å². The van der Waals surface area contributed by atoms with Crippen molar-refractivity contribution in [1.82, 2.24) is 0 Å². The maximum Gasteiger partial charge on any atom is 0.168 e. The number of benzene rings is 1. The number of carbonyl (C=O) groups is 1. The Morgan fingerprint density at radius 1 is 1.23 bits per heavy atom. The normalized spacial score (nSPS) is 15.0. The Kier molecular flexibility index (Phi) is 3.20. The largest absolute Gasteiger partial charge is 0.393 e. The van der Waals surface area contributed by atoms with Gasteiger partial charge in [0.1, 0.15) is 0 Å². The van der Waals surface area contributed by atoms with Crippen LogP contribution in [0.4, 0.5) is 0 Å². The number of hydrogen-bond donors (Lipinski definition) is 1. The molecular weight excluding hydrogens is 164 g/mol. The highest BCUT2D eigenvalue weighted by molar-refractivity contribution is 5.97.